The van der Waals surface area contributed by atoms with Crippen molar-refractivity contribution >= 4 is 60.5 Å². The third-order valence-electron chi connectivity index (χ3n) is 14.5. The van der Waals surface area contributed by atoms with Crippen molar-refractivity contribution in [1.82, 2.24) is 0 Å². The standard InChI is InChI=1S/C61H49NO/c1-61-44(22-14-32-54(61)42-19-3-2-4-20-42)23-15-33-55(61)52-27-8-11-35-57(52)62(45-24-13-21-43(40-45)47-29-17-37-59-60(47)53-28-9-12-36-58(53)63-59)56-34-10-7-26-51(56)49-31-16-30-48-46-25-6-5-18-41(46)38-39-50(48)49/h5-18,21-40,42,55H,2-4,19-20H2,1H3. The van der Waals surface area contributed by atoms with Gasteiger partial charge in [0.1, 0.15) is 11.2 Å². The molecule has 0 N–H and O–H groups in total. The molecule has 304 valence electrons. The number of furan rings is 1. The minimum atomic E-state index is -0.177. The predicted octanol–water partition coefficient (Wildman–Crippen LogP) is 17.4. The number of hydrogen-bond acceptors (Lipinski definition) is 2. The van der Waals surface area contributed by atoms with E-state index >= 15 is 0 Å². The SMILES string of the molecule is CC12C(=CC=CC1c1ccccc1N(c1cccc(-c3cccc4oc5ccccc5c34)c1)c1ccccc1-c1cccc3c1ccc1ccccc13)C=CC=C2C1CCCCC1. The van der Waals surface area contributed by atoms with Gasteiger partial charge in [0.05, 0.1) is 5.69 Å². The van der Waals surface area contributed by atoms with E-state index in [1.807, 2.05) is 6.07 Å². The van der Waals surface area contributed by atoms with Crippen molar-refractivity contribution in [3.63, 3.8) is 0 Å². The summed E-state index contributed by atoms with van der Waals surface area (Å²) in [5.74, 6) is 0.718. The van der Waals surface area contributed by atoms with E-state index in [2.05, 4.69) is 212 Å². The number of anilines is 3. The molecule has 0 saturated heterocycles. The van der Waals surface area contributed by atoms with Crippen molar-refractivity contribution in [3.05, 3.63) is 223 Å². The summed E-state index contributed by atoms with van der Waals surface area (Å²) in [6, 6.07) is 62.4. The third-order valence-corrected chi connectivity index (χ3v) is 14.5. The minimum absolute atomic E-state index is 0.125. The van der Waals surface area contributed by atoms with Crippen LogP contribution in [0.1, 0.15) is 50.5 Å². The molecule has 3 aliphatic rings. The molecular weight excluding hydrogens is 763 g/mol. The van der Waals surface area contributed by atoms with Crippen LogP contribution in [-0.2, 0) is 0 Å². The summed E-state index contributed by atoms with van der Waals surface area (Å²) in [4.78, 5) is 2.56. The maximum Gasteiger partial charge on any atom is 0.136 e. The van der Waals surface area contributed by atoms with Crippen molar-refractivity contribution in [2.75, 3.05) is 4.90 Å². The van der Waals surface area contributed by atoms with E-state index in [1.165, 1.54) is 81.6 Å². The van der Waals surface area contributed by atoms with Crippen LogP contribution in [0.25, 0.3) is 65.7 Å². The van der Waals surface area contributed by atoms with Crippen molar-refractivity contribution in [1.29, 1.82) is 0 Å². The van der Waals surface area contributed by atoms with E-state index in [4.69, 9.17) is 4.42 Å². The molecule has 0 radical (unpaired) electrons. The second-order valence-corrected chi connectivity index (χ2v) is 17.9. The molecule has 0 amide bonds. The minimum Gasteiger partial charge on any atom is -0.456 e. The van der Waals surface area contributed by atoms with Gasteiger partial charge in [-0.05, 0) is 105 Å². The molecule has 1 fully saturated rings. The molecule has 12 rings (SSSR count). The fraction of sp³-hybridized carbons (Fsp3) is 0.148. The van der Waals surface area contributed by atoms with Crippen LogP contribution in [-0.4, -0.2) is 0 Å². The van der Waals surface area contributed by atoms with Gasteiger partial charge in [0.2, 0.25) is 0 Å². The lowest BCUT2D eigenvalue weighted by Gasteiger charge is -2.47. The van der Waals surface area contributed by atoms with Crippen LogP contribution in [0, 0.1) is 11.3 Å². The van der Waals surface area contributed by atoms with Gasteiger partial charge in [-0.2, -0.15) is 0 Å². The van der Waals surface area contributed by atoms with E-state index in [0.29, 0.717) is 5.92 Å². The molecule has 1 heterocycles. The van der Waals surface area contributed by atoms with Crippen LogP contribution in [0.4, 0.5) is 17.1 Å². The van der Waals surface area contributed by atoms with Crippen LogP contribution in [0.3, 0.4) is 0 Å². The van der Waals surface area contributed by atoms with Gasteiger partial charge in [0, 0.05) is 39.0 Å². The van der Waals surface area contributed by atoms with E-state index in [9.17, 15) is 0 Å². The molecule has 2 unspecified atom stereocenters. The van der Waals surface area contributed by atoms with Crippen molar-refractivity contribution in [2.45, 2.75) is 44.9 Å². The fourth-order valence-corrected chi connectivity index (χ4v) is 11.6. The van der Waals surface area contributed by atoms with Gasteiger partial charge in [0.15, 0.2) is 0 Å². The first kappa shape index (κ1) is 37.6. The van der Waals surface area contributed by atoms with Crippen molar-refractivity contribution < 1.29 is 4.42 Å². The quantitative estimate of drug-likeness (QED) is 0.149. The Morgan fingerprint density at radius 3 is 2.17 bits per heavy atom. The summed E-state index contributed by atoms with van der Waals surface area (Å²) in [5.41, 5.74) is 14.1. The van der Waals surface area contributed by atoms with Gasteiger partial charge in [0.25, 0.3) is 0 Å². The highest BCUT2D eigenvalue weighted by Crippen LogP contribution is 2.58. The number of allylic oxidation sites excluding steroid dienone is 8. The summed E-state index contributed by atoms with van der Waals surface area (Å²) >= 11 is 0. The molecule has 2 heteroatoms. The monoisotopic (exact) mass is 811 g/mol. The zero-order chi connectivity index (χ0) is 41.9. The highest BCUT2D eigenvalue weighted by Gasteiger charge is 2.45. The maximum atomic E-state index is 6.41. The van der Waals surface area contributed by atoms with Gasteiger partial charge < -0.3 is 9.32 Å². The van der Waals surface area contributed by atoms with Crippen LogP contribution in [0.5, 0.6) is 0 Å². The highest BCUT2D eigenvalue weighted by molar-refractivity contribution is 6.14. The first-order valence-electron chi connectivity index (χ1n) is 22.8. The number of para-hydroxylation sites is 3. The average molecular weight is 812 g/mol. The molecule has 3 aliphatic carbocycles. The Kier molecular flexibility index (Phi) is 9.15. The van der Waals surface area contributed by atoms with Gasteiger partial charge in [-0.3, -0.25) is 0 Å². The number of nitrogens with zero attached hydrogens (tertiary/aromatic N) is 1. The Labute approximate surface area is 369 Å². The number of hydrogen-bond donors (Lipinski definition) is 0. The Bertz CT molecular complexity index is 3370. The van der Waals surface area contributed by atoms with E-state index in [-0.39, 0.29) is 11.3 Å². The fourth-order valence-electron chi connectivity index (χ4n) is 11.6. The molecule has 8 aromatic carbocycles. The average Bonchev–Trinajstić information content (AvgIpc) is 3.73. The number of benzene rings is 8. The molecule has 0 bridgehead atoms. The molecule has 9 aromatic rings. The number of rotatable bonds is 7. The molecule has 2 atom stereocenters. The second-order valence-electron chi connectivity index (χ2n) is 17.9. The molecule has 63 heavy (non-hydrogen) atoms. The third kappa shape index (κ3) is 6.15. The smallest absolute Gasteiger partial charge is 0.136 e. The van der Waals surface area contributed by atoms with Crippen LogP contribution in [0.15, 0.2) is 222 Å². The Hall–Kier alpha value is -7.16. The first-order valence-corrected chi connectivity index (χ1v) is 22.8. The molecule has 1 saturated carbocycles. The summed E-state index contributed by atoms with van der Waals surface area (Å²) in [6.45, 7) is 2.53. The second kappa shape index (κ2) is 15.3. The maximum absolute atomic E-state index is 6.41. The lowest BCUT2D eigenvalue weighted by Crippen LogP contribution is -2.36. The lowest BCUT2D eigenvalue weighted by molar-refractivity contribution is 0.317. The topological polar surface area (TPSA) is 16.4 Å². The molecule has 0 aliphatic heterocycles. The van der Waals surface area contributed by atoms with Gasteiger partial charge in [-0.1, -0.05) is 202 Å². The Morgan fingerprint density at radius 2 is 1.25 bits per heavy atom. The Balaban J connectivity index is 1.09. The summed E-state index contributed by atoms with van der Waals surface area (Å²) < 4.78 is 6.41. The number of fused-ring (bicyclic) bond motifs is 7. The van der Waals surface area contributed by atoms with E-state index in [1.54, 1.807) is 5.57 Å². The largest absolute Gasteiger partial charge is 0.456 e. The Morgan fingerprint density at radius 1 is 0.540 bits per heavy atom. The lowest BCUT2D eigenvalue weighted by atomic mass is 9.57. The van der Waals surface area contributed by atoms with Crippen LogP contribution < -0.4 is 4.90 Å². The van der Waals surface area contributed by atoms with Crippen LogP contribution in [0.2, 0.25) is 0 Å². The molecule has 0 spiro atoms. The van der Waals surface area contributed by atoms with E-state index in [0.717, 1.165) is 44.4 Å². The van der Waals surface area contributed by atoms with Gasteiger partial charge >= 0.3 is 0 Å². The molecule has 1 aromatic heterocycles. The zero-order valence-corrected chi connectivity index (χ0v) is 35.7. The van der Waals surface area contributed by atoms with E-state index < -0.39 is 0 Å². The summed E-state index contributed by atoms with van der Waals surface area (Å²) in [5, 5.41) is 7.32. The van der Waals surface area contributed by atoms with Crippen LogP contribution >= 0.6 is 0 Å². The van der Waals surface area contributed by atoms with Crippen molar-refractivity contribution in [3.8, 4) is 22.3 Å². The summed E-state index contributed by atoms with van der Waals surface area (Å²) in [7, 11) is 0. The zero-order valence-electron chi connectivity index (χ0n) is 35.7. The predicted molar refractivity (Wildman–Crippen MR) is 266 cm³/mol. The van der Waals surface area contributed by atoms with Gasteiger partial charge in [-0.25, -0.2) is 0 Å². The summed E-state index contributed by atoms with van der Waals surface area (Å²) in [6.07, 6.45) is 20.8. The first-order chi connectivity index (χ1) is 31.1. The van der Waals surface area contributed by atoms with Gasteiger partial charge in [-0.15, -0.1) is 0 Å². The molecule has 2 nitrogen and oxygen atoms in total. The highest BCUT2D eigenvalue weighted by atomic mass is 16.3. The normalized spacial score (nSPS) is 18.8. The molecular formula is C61H49NO. The van der Waals surface area contributed by atoms with Crippen molar-refractivity contribution in [2.24, 2.45) is 11.3 Å².